The van der Waals surface area contributed by atoms with Gasteiger partial charge in [-0.3, -0.25) is 4.79 Å². The van der Waals surface area contributed by atoms with E-state index in [2.05, 4.69) is 36.2 Å². The minimum absolute atomic E-state index is 0.0470. The van der Waals surface area contributed by atoms with Crippen molar-refractivity contribution in [2.45, 2.75) is 12.5 Å². The lowest BCUT2D eigenvalue weighted by atomic mass is 10.1. The summed E-state index contributed by atoms with van der Waals surface area (Å²) in [4.78, 5) is 18.6. The number of aromatic nitrogens is 3. The maximum Gasteiger partial charge on any atom is 0.254 e. The van der Waals surface area contributed by atoms with E-state index in [1.54, 1.807) is 23.0 Å². The van der Waals surface area contributed by atoms with Crippen LogP contribution in [0.1, 0.15) is 16.8 Å². The first-order valence-electron chi connectivity index (χ1n) is 7.91. The predicted molar refractivity (Wildman–Crippen MR) is 95.2 cm³/mol. The Balaban J connectivity index is 1.45. The molecule has 1 saturated heterocycles. The highest BCUT2D eigenvalue weighted by Gasteiger charge is 2.26. The van der Waals surface area contributed by atoms with Crippen LogP contribution in [-0.4, -0.2) is 39.6 Å². The number of nitrogens with zero attached hydrogens (tertiary/aromatic N) is 4. The standard InChI is InChI=1S/C17H15BrFN5O/c18-11-1-2-14(19)13(9-11)17(25)21-12-5-7-23(10-12)16-4-3-15-20-6-8-24(15)22-16/h1-4,6,8-9,12H,5,7,10H2,(H,21,25)/t12-/m0/s1. The van der Waals surface area contributed by atoms with Crippen molar-refractivity contribution >= 4 is 33.3 Å². The van der Waals surface area contributed by atoms with Crippen molar-refractivity contribution in [3.63, 3.8) is 0 Å². The van der Waals surface area contributed by atoms with Crippen LogP contribution in [-0.2, 0) is 0 Å². The Kier molecular flexibility index (Phi) is 4.12. The van der Waals surface area contributed by atoms with Crippen molar-refractivity contribution in [2.24, 2.45) is 0 Å². The summed E-state index contributed by atoms with van der Waals surface area (Å²) in [5, 5.41) is 7.42. The van der Waals surface area contributed by atoms with Crippen LogP contribution < -0.4 is 10.2 Å². The normalized spacial score (nSPS) is 17.2. The average Bonchev–Trinajstić information content (AvgIpc) is 3.25. The van der Waals surface area contributed by atoms with Crippen molar-refractivity contribution in [2.75, 3.05) is 18.0 Å². The Morgan fingerprint density at radius 3 is 3.08 bits per heavy atom. The molecule has 0 radical (unpaired) electrons. The molecule has 6 nitrogen and oxygen atoms in total. The largest absolute Gasteiger partial charge is 0.353 e. The highest BCUT2D eigenvalue weighted by molar-refractivity contribution is 9.10. The molecule has 3 aromatic rings. The fourth-order valence-electron chi connectivity index (χ4n) is 2.99. The van der Waals surface area contributed by atoms with E-state index in [0.29, 0.717) is 11.0 Å². The van der Waals surface area contributed by atoms with Gasteiger partial charge in [0, 0.05) is 36.0 Å². The fourth-order valence-corrected chi connectivity index (χ4v) is 3.36. The van der Waals surface area contributed by atoms with Crippen LogP contribution in [0.15, 0.2) is 47.2 Å². The zero-order valence-corrected chi connectivity index (χ0v) is 14.8. The number of benzene rings is 1. The lowest BCUT2D eigenvalue weighted by Gasteiger charge is -2.18. The van der Waals surface area contributed by atoms with E-state index in [1.807, 2.05) is 12.1 Å². The number of anilines is 1. The number of rotatable bonds is 3. The fraction of sp³-hybridized carbons (Fsp3) is 0.235. The van der Waals surface area contributed by atoms with E-state index < -0.39 is 11.7 Å². The van der Waals surface area contributed by atoms with E-state index in [1.165, 1.54) is 12.1 Å². The SMILES string of the molecule is O=C(N[C@H]1CCN(c2ccc3nccn3n2)C1)c1cc(Br)ccc1F. The summed E-state index contributed by atoms with van der Waals surface area (Å²) in [5.74, 6) is -0.0951. The molecule has 0 aliphatic carbocycles. The van der Waals surface area contributed by atoms with Gasteiger partial charge in [0.2, 0.25) is 0 Å². The Hall–Kier alpha value is -2.48. The van der Waals surface area contributed by atoms with Gasteiger partial charge in [0.25, 0.3) is 5.91 Å². The minimum atomic E-state index is -0.525. The minimum Gasteiger partial charge on any atom is -0.353 e. The summed E-state index contributed by atoms with van der Waals surface area (Å²) >= 11 is 3.26. The summed E-state index contributed by atoms with van der Waals surface area (Å²) < 4.78 is 16.2. The molecule has 1 aliphatic rings. The van der Waals surface area contributed by atoms with Crippen molar-refractivity contribution in [1.82, 2.24) is 19.9 Å². The molecule has 25 heavy (non-hydrogen) atoms. The van der Waals surface area contributed by atoms with E-state index in [0.717, 1.165) is 24.4 Å². The van der Waals surface area contributed by atoms with E-state index >= 15 is 0 Å². The third-order valence-corrected chi connectivity index (χ3v) is 4.75. The van der Waals surface area contributed by atoms with E-state index in [4.69, 9.17) is 0 Å². The molecular weight excluding hydrogens is 389 g/mol. The number of halogens is 2. The second kappa shape index (κ2) is 6.44. The van der Waals surface area contributed by atoms with E-state index in [9.17, 15) is 9.18 Å². The molecule has 128 valence electrons. The molecule has 1 amide bonds. The highest BCUT2D eigenvalue weighted by atomic mass is 79.9. The lowest BCUT2D eigenvalue weighted by molar-refractivity contribution is 0.0936. The van der Waals surface area contributed by atoms with Crippen LogP contribution in [0.3, 0.4) is 0 Å². The quantitative estimate of drug-likeness (QED) is 0.729. The maximum atomic E-state index is 13.8. The molecule has 2 aromatic heterocycles. The highest BCUT2D eigenvalue weighted by Crippen LogP contribution is 2.20. The van der Waals surface area contributed by atoms with Crippen LogP contribution in [0, 0.1) is 5.82 Å². The van der Waals surface area contributed by atoms with Gasteiger partial charge in [-0.25, -0.2) is 13.9 Å². The van der Waals surface area contributed by atoms with Gasteiger partial charge < -0.3 is 10.2 Å². The third kappa shape index (κ3) is 3.21. The van der Waals surface area contributed by atoms with Crippen LogP contribution in [0.25, 0.3) is 5.65 Å². The topological polar surface area (TPSA) is 62.5 Å². The van der Waals surface area contributed by atoms with Gasteiger partial charge >= 0.3 is 0 Å². The molecule has 3 heterocycles. The van der Waals surface area contributed by atoms with Gasteiger partial charge in [0.15, 0.2) is 5.65 Å². The maximum absolute atomic E-state index is 13.8. The predicted octanol–water partition coefficient (Wildman–Crippen LogP) is 2.64. The molecule has 8 heteroatoms. The van der Waals surface area contributed by atoms with Gasteiger partial charge in [0.1, 0.15) is 11.6 Å². The number of amides is 1. The number of imidazole rings is 1. The smallest absolute Gasteiger partial charge is 0.254 e. The third-order valence-electron chi connectivity index (χ3n) is 4.26. The molecule has 1 aromatic carbocycles. The van der Waals surface area contributed by atoms with E-state index in [-0.39, 0.29) is 11.6 Å². The van der Waals surface area contributed by atoms with Crippen LogP contribution >= 0.6 is 15.9 Å². The molecule has 0 spiro atoms. The average molecular weight is 404 g/mol. The monoisotopic (exact) mass is 403 g/mol. The molecule has 1 fully saturated rings. The zero-order valence-electron chi connectivity index (χ0n) is 13.2. The molecule has 1 N–H and O–H groups in total. The Morgan fingerprint density at radius 2 is 2.20 bits per heavy atom. The number of carbonyl (C=O) groups excluding carboxylic acids is 1. The molecule has 4 rings (SSSR count). The molecule has 1 aliphatic heterocycles. The Morgan fingerprint density at radius 1 is 1.32 bits per heavy atom. The van der Waals surface area contributed by atoms with Crippen molar-refractivity contribution in [3.05, 3.63) is 58.6 Å². The second-order valence-electron chi connectivity index (χ2n) is 5.95. The molecule has 0 saturated carbocycles. The van der Waals surface area contributed by atoms with Crippen LogP contribution in [0.5, 0.6) is 0 Å². The Bertz CT molecular complexity index is 944. The van der Waals surface area contributed by atoms with Crippen molar-refractivity contribution < 1.29 is 9.18 Å². The summed E-state index contributed by atoms with van der Waals surface area (Å²) in [7, 11) is 0. The number of nitrogens with one attached hydrogen (secondary N) is 1. The van der Waals surface area contributed by atoms with Crippen LogP contribution in [0.2, 0.25) is 0 Å². The lowest BCUT2D eigenvalue weighted by Crippen LogP contribution is -2.37. The van der Waals surface area contributed by atoms with Gasteiger partial charge in [0.05, 0.1) is 5.56 Å². The summed E-state index contributed by atoms with van der Waals surface area (Å²) in [6.45, 7) is 1.41. The first kappa shape index (κ1) is 16.0. The molecular formula is C17H15BrFN5O. The van der Waals surface area contributed by atoms with Gasteiger partial charge in [-0.2, -0.15) is 0 Å². The molecule has 1 atom stereocenters. The Labute approximate surface area is 151 Å². The molecule has 0 bridgehead atoms. The van der Waals surface area contributed by atoms with Gasteiger partial charge in [-0.15, -0.1) is 5.10 Å². The number of fused-ring (bicyclic) bond motifs is 1. The van der Waals surface area contributed by atoms with Gasteiger partial charge in [-0.05, 0) is 36.8 Å². The zero-order chi connectivity index (χ0) is 17.4. The summed E-state index contributed by atoms with van der Waals surface area (Å²) in [6.07, 6.45) is 4.28. The van der Waals surface area contributed by atoms with Gasteiger partial charge in [-0.1, -0.05) is 15.9 Å². The molecule has 0 unspecified atom stereocenters. The first-order chi connectivity index (χ1) is 12.1. The number of hydrogen-bond donors (Lipinski definition) is 1. The second-order valence-corrected chi connectivity index (χ2v) is 6.87. The first-order valence-corrected chi connectivity index (χ1v) is 8.71. The summed E-state index contributed by atoms with van der Waals surface area (Å²) in [5.41, 5.74) is 0.837. The van der Waals surface area contributed by atoms with Crippen LogP contribution in [0.4, 0.5) is 10.2 Å². The van der Waals surface area contributed by atoms with Crippen molar-refractivity contribution in [3.8, 4) is 0 Å². The number of hydrogen-bond acceptors (Lipinski definition) is 4. The van der Waals surface area contributed by atoms with Crippen molar-refractivity contribution in [1.29, 1.82) is 0 Å². The number of carbonyl (C=O) groups is 1. The summed E-state index contributed by atoms with van der Waals surface area (Å²) in [6, 6.07) is 8.12.